The van der Waals surface area contributed by atoms with Gasteiger partial charge in [-0.15, -0.1) is 0 Å². The van der Waals surface area contributed by atoms with Crippen LogP contribution in [0.25, 0.3) is 17.0 Å². The number of hydrogen-bond acceptors (Lipinski definition) is 5. The second kappa shape index (κ2) is 8.14. The number of amides is 1. The average Bonchev–Trinajstić information content (AvgIpc) is 2.99. The van der Waals surface area contributed by atoms with E-state index in [2.05, 4.69) is 4.98 Å². The van der Waals surface area contributed by atoms with Gasteiger partial charge in [0.1, 0.15) is 10.4 Å². The maximum atomic E-state index is 13.0. The second-order valence-electron chi connectivity index (χ2n) is 6.55. The van der Waals surface area contributed by atoms with Gasteiger partial charge in [-0.1, -0.05) is 66.4 Å². The molecule has 0 spiro atoms. The van der Waals surface area contributed by atoms with Crippen LogP contribution in [0.4, 0.5) is 0 Å². The summed E-state index contributed by atoms with van der Waals surface area (Å²) in [6, 6.07) is 17.7. The van der Waals surface area contributed by atoms with Crippen LogP contribution in [0, 0.1) is 0 Å². The second-order valence-corrected chi connectivity index (χ2v) is 8.23. The number of hydrogen-bond donors (Lipinski definition) is 1. The first-order chi connectivity index (χ1) is 14.0. The summed E-state index contributed by atoms with van der Waals surface area (Å²) in [6.45, 7) is 0. The van der Waals surface area contributed by atoms with Crippen molar-refractivity contribution in [3.8, 4) is 0 Å². The van der Waals surface area contributed by atoms with Crippen LogP contribution in [0.2, 0.25) is 0 Å². The summed E-state index contributed by atoms with van der Waals surface area (Å²) >= 11 is 6.48. The van der Waals surface area contributed by atoms with Crippen molar-refractivity contribution in [3.05, 3.63) is 82.9 Å². The van der Waals surface area contributed by atoms with Gasteiger partial charge in [0, 0.05) is 18.0 Å². The number of fused-ring (bicyclic) bond motifs is 1. The van der Waals surface area contributed by atoms with E-state index in [-0.39, 0.29) is 16.6 Å². The molecule has 1 atom stereocenters. The first-order valence-corrected chi connectivity index (χ1v) is 10.1. The monoisotopic (exact) mass is 420 g/mol. The molecule has 0 saturated carbocycles. The van der Waals surface area contributed by atoms with Gasteiger partial charge in [0.2, 0.25) is 0 Å². The Bertz CT molecular complexity index is 1150. The van der Waals surface area contributed by atoms with E-state index in [4.69, 9.17) is 12.2 Å². The Hall–Kier alpha value is -3.03. The predicted molar refractivity (Wildman–Crippen MR) is 118 cm³/mol. The molecule has 4 rings (SSSR count). The molecule has 0 bridgehead atoms. The van der Waals surface area contributed by atoms with Crippen LogP contribution >= 0.6 is 24.0 Å². The minimum atomic E-state index is -1.08. The third kappa shape index (κ3) is 4.06. The number of pyridine rings is 1. The fourth-order valence-corrected chi connectivity index (χ4v) is 4.57. The van der Waals surface area contributed by atoms with Crippen LogP contribution in [0.3, 0.4) is 0 Å². The predicted octanol–water partition coefficient (Wildman–Crippen LogP) is 4.13. The molecule has 7 heteroatoms. The fourth-order valence-electron chi connectivity index (χ4n) is 3.21. The van der Waals surface area contributed by atoms with E-state index in [0.717, 1.165) is 33.8 Å². The van der Waals surface area contributed by atoms with Gasteiger partial charge in [-0.3, -0.25) is 14.7 Å². The molecule has 2 heterocycles. The Morgan fingerprint density at radius 2 is 1.97 bits per heavy atom. The Labute approximate surface area is 177 Å². The van der Waals surface area contributed by atoms with E-state index >= 15 is 0 Å². The van der Waals surface area contributed by atoms with Gasteiger partial charge in [0.05, 0.1) is 10.4 Å². The van der Waals surface area contributed by atoms with Crippen molar-refractivity contribution in [1.82, 2.24) is 9.88 Å². The number of thioether (sulfide) groups is 1. The van der Waals surface area contributed by atoms with Crippen molar-refractivity contribution >= 4 is 57.2 Å². The number of nitrogens with zero attached hydrogens (tertiary/aromatic N) is 2. The summed E-state index contributed by atoms with van der Waals surface area (Å²) in [6.07, 6.45) is 3.66. The van der Waals surface area contributed by atoms with Gasteiger partial charge < -0.3 is 5.11 Å². The third-order valence-electron chi connectivity index (χ3n) is 4.62. The van der Waals surface area contributed by atoms with Crippen molar-refractivity contribution in [3.63, 3.8) is 0 Å². The van der Waals surface area contributed by atoms with E-state index in [0.29, 0.717) is 4.91 Å². The molecule has 5 nitrogen and oxygen atoms in total. The number of thiocarbonyl (C=S) groups is 1. The van der Waals surface area contributed by atoms with Crippen molar-refractivity contribution in [1.29, 1.82) is 0 Å². The number of carboxylic acid groups (broad SMARTS) is 1. The van der Waals surface area contributed by atoms with Crippen LogP contribution in [-0.2, 0) is 16.0 Å². The van der Waals surface area contributed by atoms with E-state index < -0.39 is 12.0 Å². The molecule has 1 amide bonds. The van der Waals surface area contributed by atoms with Crippen molar-refractivity contribution in [2.24, 2.45) is 0 Å². The SMILES string of the molecule is O=C(O)C(Cc1ccccc1)N1C(=O)/C(=C\c2ccc3ncccc3c2)SC1=S. The summed E-state index contributed by atoms with van der Waals surface area (Å²) in [5.41, 5.74) is 2.53. The van der Waals surface area contributed by atoms with Gasteiger partial charge >= 0.3 is 5.97 Å². The molecule has 1 fully saturated rings. The van der Waals surface area contributed by atoms with Crippen molar-refractivity contribution in [2.45, 2.75) is 12.5 Å². The molecule has 1 unspecified atom stereocenters. The molecule has 0 radical (unpaired) electrons. The molecular formula is C22H16N2O3S2. The molecule has 1 saturated heterocycles. The number of benzene rings is 2. The molecule has 1 aliphatic heterocycles. The van der Waals surface area contributed by atoms with Crippen LogP contribution in [0.15, 0.2) is 71.8 Å². The Morgan fingerprint density at radius 3 is 2.72 bits per heavy atom. The molecule has 29 heavy (non-hydrogen) atoms. The van der Waals surface area contributed by atoms with Crippen molar-refractivity contribution < 1.29 is 14.7 Å². The lowest BCUT2D eigenvalue weighted by Gasteiger charge is -2.23. The lowest BCUT2D eigenvalue weighted by molar-refractivity contribution is -0.145. The number of carbonyl (C=O) groups is 2. The van der Waals surface area contributed by atoms with Gasteiger partial charge in [0.25, 0.3) is 5.91 Å². The van der Waals surface area contributed by atoms with E-state index in [1.54, 1.807) is 12.3 Å². The van der Waals surface area contributed by atoms with Crippen LogP contribution in [-0.4, -0.2) is 37.2 Å². The minimum Gasteiger partial charge on any atom is -0.480 e. The lowest BCUT2D eigenvalue weighted by atomic mass is 10.0. The standard InChI is InChI=1S/C22H16N2O3S2/c25-20-19(13-15-8-9-17-16(11-15)7-4-10-23-17)29-22(28)24(20)18(21(26)27)12-14-5-2-1-3-6-14/h1-11,13,18H,12H2,(H,26,27)/b19-13+. The molecule has 2 aromatic carbocycles. The van der Waals surface area contributed by atoms with E-state index in [1.807, 2.05) is 60.7 Å². The smallest absolute Gasteiger partial charge is 0.327 e. The quantitative estimate of drug-likeness (QED) is 0.494. The summed E-state index contributed by atoms with van der Waals surface area (Å²) < 4.78 is 0.257. The van der Waals surface area contributed by atoms with Gasteiger partial charge in [0.15, 0.2) is 0 Å². The summed E-state index contributed by atoms with van der Waals surface area (Å²) in [5.74, 6) is -1.46. The van der Waals surface area contributed by atoms with Gasteiger partial charge in [-0.05, 0) is 35.4 Å². The average molecular weight is 421 g/mol. The Balaban J connectivity index is 1.62. The van der Waals surface area contributed by atoms with Crippen LogP contribution in [0.5, 0.6) is 0 Å². The zero-order chi connectivity index (χ0) is 20.4. The van der Waals surface area contributed by atoms with E-state index in [9.17, 15) is 14.7 Å². The Morgan fingerprint density at radius 1 is 1.17 bits per heavy atom. The maximum Gasteiger partial charge on any atom is 0.327 e. The molecule has 1 aliphatic rings. The number of aliphatic carboxylic acids is 1. The minimum absolute atomic E-state index is 0.192. The zero-order valence-electron chi connectivity index (χ0n) is 15.2. The van der Waals surface area contributed by atoms with Crippen LogP contribution < -0.4 is 0 Å². The molecule has 1 aromatic heterocycles. The van der Waals surface area contributed by atoms with Crippen LogP contribution in [0.1, 0.15) is 11.1 Å². The fraction of sp³-hybridized carbons (Fsp3) is 0.0909. The van der Waals surface area contributed by atoms with Crippen molar-refractivity contribution in [2.75, 3.05) is 0 Å². The first kappa shape index (κ1) is 19.3. The summed E-state index contributed by atoms with van der Waals surface area (Å²) in [5, 5.41) is 10.7. The topological polar surface area (TPSA) is 70.5 Å². The van der Waals surface area contributed by atoms with Gasteiger partial charge in [-0.25, -0.2) is 4.79 Å². The highest BCUT2D eigenvalue weighted by Crippen LogP contribution is 2.35. The molecular weight excluding hydrogens is 404 g/mol. The summed E-state index contributed by atoms with van der Waals surface area (Å²) in [7, 11) is 0. The highest BCUT2D eigenvalue weighted by molar-refractivity contribution is 8.26. The number of carboxylic acids is 1. The third-order valence-corrected chi connectivity index (χ3v) is 5.95. The van der Waals surface area contributed by atoms with E-state index in [1.165, 1.54) is 4.90 Å². The number of aromatic nitrogens is 1. The summed E-state index contributed by atoms with van der Waals surface area (Å²) in [4.78, 5) is 30.8. The Kier molecular flexibility index (Phi) is 5.42. The highest BCUT2D eigenvalue weighted by Gasteiger charge is 2.40. The molecule has 144 valence electrons. The maximum absolute atomic E-state index is 13.0. The number of rotatable bonds is 5. The largest absolute Gasteiger partial charge is 0.480 e. The number of carbonyl (C=O) groups excluding carboxylic acids is 1. The van der Waals surface area contributed by atoms with Gasteiger partial charge in [-0.2, -0.15) is 0 Å². The molecule has 0 aliphatic carbocycles. The normalized spacial score (nSPS) is 16.6. The lowest BCUT2D eigenvalue weighted by Crippen LogP contribution is -2.45. The zero-order valence-corrected chi connectivity index (χ0v) is 16.8. The molecule has 1 N–H and O–H groups in total. The first-order valence-electron chi connectivity index (χ1n) is 8.91. The highest BCUT2D eigenvalue weighted by atomic mass is 32.2. The molecule has 3 aromatic rings.